The molecular formula is C19H20FNO3. The molecule has 3 rings (SSSR count). The molecule has 2 aromatic carbocycles. The standard InChI is InChI=1S/C19H20FNO3/c1-12-16-11-18(24-3)17(23-2)10-13(16)7-8-21(12)19(22)14-5-4-6-15(20)9-14/h4-6,9-12H,7-8H2,1-3H3/t12-/m0/s1. The molecule has 1 amide bonds. The Morgan fingerprint density at radius 3 is 2.54 bits per heavy atom. The summed E-state index contributed by atoms with van der Waals surface area (Å²) in [7, 11) is 3.20. The van der Waals surface area contributed by atoms with Crippen LogP contribution in [0, 0.1) is 5.82 Å². The number of amides is 1. The monoisotopic (exact) mass is 329 g/mol. The van der Waals surface area contributed by atoms with E-state index in [4.69, 9.17) is 9.47 Å². The number of hydrogen-bond acceptors (Lipinski definition) is 3. The smallest absolute Gasteiger partial charge is 0.254 e. The van der Waals surface area contributed by atoms with Crippen LogP contribution in [-0.2, 0) is 6.42 Å². The molecule has 2 aromatic rings. The molecule has 24 heavy (non-hydrogen) atoms. The van der Waals surface area contributed by atoms with E-state index in [2.05, 4.69) is 0 Å². The number of nitrogens with zero attached hydrogens (tertiary/aromatic N) is 1. The van der Waals surface area contributed by atoms with E-state index in [1.165, 1.54) is 12.1 Å². The molecule has 0 spiro atoms. The first-order chi connectivity index (χ1) is 11.5. The third-order valence-electron chi connectivity index (χ3n) is 4.52. The van der Waals surface area contributed by atoms with Gasteiger partial charge in [0, 0.05) is 12.1 Å². The van der Waals surface area contributed by atoms with Crippen molar-refractivity contribution in [3.05, 3.63) is 58.9 Å². The van der Waals surface area contributed by atoms with Crippen molar-refractivity contribution >= 4 is 5.91 Å². The summed E-state index contributed by atoms with van der Waals surface area (Å²) in [6.45, 7) is 2.56. The van der Waals surface area contributed by atoms with Crippen LogP contribution in [0.15, 0.2) is 36.4 Å². The second kappa shape index (κ2) is 6.51. The van der Waals surface area contributed by atoms with E-state index in [1.54, 1.807) is 31.3 Å². The van der Waals surface area contributed by atoms with Crippen LogP contribution < -0.4 is 9.47 Å². The Labute approximate surface area is 140 Å². The highest BCUT2D eigenvalue weighted by Crippen LogP contribution is 2.38. The first-order valence-corrected chi connectivity index (χ1v) is 7.86. The third kappa shape index (κ3) is 2.82. The fourth-order valence-electron chi connectivity index (χ4n) is 3.21. The Bertz CT molecular complexity index is 775. The largest absolute Gasteiger partial charge is 0.493 e. The van der Waals surface area contributed by atoms with Gasteiger partial charge in [-0.2, -0.15) is 0 Å². The number of halogens is 1. The molecule has 0 saturated heterocycles. The van der Waals surface area contributed by atoms with Gasteiger partial charge in [-0.25, -0.2) is 4.39 Å². The van der Waals surface area contributed by atoms with E-state index in [0.717, 1.165) is 17.5 Å². The van der Waals surface area contributed by atoms with Gasteiger partial charge >= 0.3 is 0 Å². The van der Waals surface area contributed by atoms with Gasteiger partial charge in [0.05, 0.1) is 20.3 Å². The molecule has 5 heteroatoms. The molecule has 0 aliphatic carbocycles. The third-order valence-corrected chi connectivity index (χ3v) is 4.52. The number of ether oxygens (including phenoxy) is 2. The van der Waals surface area contributed by atoms with Gasteiger partial charge in [-0.3, -0.25) is 4.79 Å². The zero-order valence-electron chi connectivity index (χ0n) is 14.0. The van der Waals surface area contributed by atoms with Crippen LogP contribution in [0.1, 0.15) is 34.5 Å². The van der Waals surface area contributed by atoms with Crippen molar-refractivity contribution in [3.63, 3.8) is 0 Å². The maximum absolute atomic E-state index is 13.4. The molecule has 0 fully saturated rings. The molecule has 0 aromatic heterocycles. The molecular weight excluding hydrogens is 309 g/mol. The lowest BCUT2D eigenvalue weighted by Gasteiger charge is -2.36. The Morgan fingerprint density at radius 2 is 1.88 bits per heavy atom. The first kappa shape index (κ1) is 16.3. The Morgan fingerprint density at radius 1 is 1.17 bits per heavy atom. The molecule has 126 valence electrons. The average Bonchev–Trinajstić information content (AvgIpc) is 2.60. The van der Waals surface area contributed by atoms with E-state index in [-0.39, 0.29) is 11.9 Å². The predicted molar refractivity (Wildman–Crippen MR) is 89.1 cm³/mol. The van der Waals surface area contributed by atoms with Crippen molar-refractivity contribution in [2.75, 3.05) is 20.8 Å². The van der Waals surface area contributed by atoms with Crippen LogP contribution in [0.25, 0.3) is 0 Å². The molecule has 1 aliphatic rings. The van der Waals surface area contributed by atoms with Crippen LogP contribution in [0.3, 0.4) is 0 Å². The number of carbonyl (C=O) groups excluding carboxylic acids is 1. The van der Waals surface area contributed by atoms with Crippen molar-refractivity contribution in [2.45, 2.75) is 19.4 Å². The van der Waals surface area contributed by atoms with Crippen molar-refractivity contribution in [3.8, 4) is 11.5 Å². The zero-order valence-corrected chi connectivity index (χ0v) is 14.0. The van der Waals surface area contributed by atoms with Crippen LogP contribution in [0.2, 0.25) is 0 Å². The van der Waals surface area contributed by atoms with Crippen molar-refractivity contribution in [1.29, 1.82) is 0 Å². The molecule has 4 nitrogen and oxygen atoms in total. The van der Waals surface area contributed by atoms with Crippen molar-refractivity contribution < 1.29 is 18.7 Å². The molecule has 0 bridgehead atoms. The van der Waals surface area contributed by atoms with Crippen LogP contribution in [0.5, 0.6) is 11.5 Å². The lowest BCUT2D eigenvalue weighted by Crippen LogP contribution is -2.38. The molecule has 1 heterocycles. The summed E-state index contributed by atoms with van der Waals surface area (Å²) < 4.78 is 24.1. The van der Waals surface area contributed by atoms with Gasteiger partial charge < -0.3 is 14.4 Å². The van der Waals surface area contributed by atoms with Gasteiger partial charge in [-0.15, -0.1) is 0 Å². The number of hydrogen-bond donors (Lipinski definition) is 0. The Kier molecular flexibility index (Phi) is 4.42. The second-order valence-corrected chi connectivity index (χ2v) is 5.84. The summed E-state index contributed by atoms with van der Waals surface area (Å²) in [6.07, 6.45) is 0.723. The second-order valence-electron chi connectivity index (χ2n) is 5.84. The number of rotatable bonds is 3. The predicted octanol–water partition coefficient (Wildman–Crippen LogP) is 3.60. The van der Waals surface area contributed by atoms with E-state index < -0.39 is 5.82 Å². The lowest BCUT2D eigenvalue weighted by atomic mass is 9.92. The summed E-state index contributed by atoms with van der Waals surface area (Å²) in [4.78, 5) is 14.5. The molecule has 0 unspecified atom stereocenters. The molecule has 0 saturated carbocycles. The van der Waals surface area contributed by atoms with Crippen LogP contribution in [-0.4, -0.2) is 31.6 Å². The summed E-state index contributed by atoms with van der Waals surface area (Å²) in [6, 6.07) is 9.58. The van der Waals surface area contributed by atoms with Gasteiger partial charge in [0.25, 0.3) is 5.91 Å². The summed E-state index contributed by atoms with van der Waals surface area (Å²) in [5.41, 5.74) is 2.54. The number of methoxy groups -OCH3 is 2. The zero-order chi connectivity index (χ0) is 17.3. The maximum atomic E-state index is 13.4. The van der Waals surface area contributed by atoms with Crippen LogP contribution >= 0.6 is 0 Å². The summed E-state index contributed by atoms with van der Waals surface area (Å²) >= 11 is 0. The normalized spacial score (nSPS) is 16.5. The topological polar surface area (TPSA) is 38.8 Å². The van der Waals surface area contributed by atoms with Gasteiger partial charge in [0.1, 0.15) is 5.82 Å². The summed E-state index contributed by atoms with van der Waals surface area (Å²) in [5.74, 6) is 0.760. The minimum absolute atomic E-state index is 0.121. The first-order valence-electron chi connectivity index (χ1n) is 7.86. The van der Waals surface area contributed by atoms with Gasteiger partial charge in [-0.05, 0) is 54.8 Å². The minimum Gasteiger partial charge on any atom is -0.493 e. The highest BCUT2D eigenvalue weighted by molar-refractivity contribution is 5.94. The fourth-order valence-corrected chi connectivity index (χ4v) is 3.21. The number of carbonyl (C=O) groups is 1. The van der Waals surface area contributed by atoms with E-state index >= 15 is 0 Å². The molecule has 0 radical (unpaired) electrons. The minimum atomic E-state index is -0.405. The quantitative estimate of drug-likeness (QED) is 0.863. The highest BCUT2D eigenvalue weighted by Gasteiger charge is 2.29. The maximum Gasteiger partial charge on any atom is 0.254 e. The Hall–Kier alpha value is -2.56. The van der Waals surface area contributed by atoms with Gasteiger partial charge in [0.2, 0.25) is 0 Å². The Balaban J connectivity index is 1.94. The molecule has 1 atom stereocenters. The fraction of sp³-hybridized carbons (Fsp3) is 0.316. The summed E-state index contributed by atoms with van der Waals surface area (Å²) in [5, 5.41) is 0. The van der Waals surface area contributed by atoms with E-state index in [1.807, 2.05) is 19.1 Å². The van der Waals surface area contributed by atoms with Crippen LogP contribution in [0.4, 0.5) is 4.39 Å². The molecule has 0 N–H and O–H groups in total. The lowest BCUT2D eigenvalue weighted by molar-refractivity contribution is 0.0676. The van der Waals surface area contributed by atoms with E-state index in [9.17, 15) is 9.18 Å². The van der Waals surface area contributed by atoms with E-state index in [0.29, 0.717) is 23.6 Å². The molecule has 1 aliphatic heterocycles. The van der Waals surface area contributed by atoms with Gasteiger partial charge in [-0.1, -0.05) is 6.07 Å². The van der Waals surface area contributed by atoms with Crippen molar-refractivity contribution in [2.24, 2.45) is 0 Å². The average molecular weight is 329 g/mol. The van der Waals surface area contributed by atoms with Gasteiger partial charge in [0.15, 0.2) is 11.5 Å². The SMILES string of the molecule is COc1cc2c(cc1OC)[C@H](C)N(C(=O)c1cccc(F)c1)CC2. The number of benzene rings is 2. The number of fused-ring (bicyclic) bond motifs is 1. The highest BCUT2D eigenvalue weighted by atomic mass is 19.1. The van der Waals surface area contributed by atoms with Crippen molar-refractivity contribution in [1.82, 2.24) is 4.90 Å².